The molecule has 0 atom stereocenters. The lowest BCUT2D eigenvalue weighted by atomic mass is 10.1. The van der Waals surface area contributed by atoms with Gasteiger partial charge in [-0.1, -0.05) is 0 Å². The SMILES string of the molecule is CC(C)(C)NS(=O)(=O)c1cc(N)c(F)cc1Br. The Balaban J connectivity index is 3.30. The molecule has 0 heterocycles. The number of nitrogens with two attached hydrogens (primary N) is 1. The van der Waals surface area contributed by atoms with Gasteiger partial charge < -0.3 is 5.73 Å². The first-order valence-electron chi connectivity index (χ1n) is 4.81. The number of hydrogen-bond donors (Lipinski definition) is 2. The quantitative estimate of drug-likeness (QED) is 0.819. The minimum absolute atomic E-state index is 0.0775. The number of benzene rings is 1. The molecule has 0 aliphatic heterocycles. The number of nitrogens with one attached hydrogen (secondary N) is 1. The highest BCUT2D eigenvalue weighted by Crippen LogP contribution is 2.27. The monoisotopic (exact) mass is 324 g/mol. The van der Waals surface area contributed by atoms with Crippen LogP contribution in [0.5, 0.6) is 0 Å². The lowest BCUT2D eigenvalue weighted by molar-refractivity contribution is 0.491. The number of halogens is 2. The Morgan fingerprint density at radius 2 is 1.88 bits per heavy atom. The molecule has 0 unspecified atom stereocenters. The fourth-order valence-corrected chi connectivity index (χ4v) is 3.68. The van der Waals surface area contributed by atoms with Gasteiger partial charge in [-0.2, -0.15) is 0 Å². The number of hydrogen-bond acceptors (Lipinski definition) is 3. The maximum absolute atomic E-state index is 13.1. The van der Waals surface area contributed by atoms with Crippen LogP contribution in [-0.2, 0) is 10.0 Å². The molecule has 0 amide bonds. The summed E-state index contributed by atoms with van der Waals surface area (Å²) < 4.78 is 39.7. The van der Waals surface area contributed by atoms with E-state index in [-0.39, 0.29) is 15.1 Å². The maximum Gasteiger partial charge on any atom is 0.242 e. The summed E-state index contributed by atoms with van der Waals surface area (Å²) >= 11 is 3.01. The molecule has 1 rings (SSSR count). The zero-order valence-corrected chi connectivity index (χ0v) is 12.1. The summed E-state index contributed by atoms with van der Waals surface area (Å²) in [5.74, 6) is -0.661. The molecule has 96 valence electrons. The van der Waals surface area contributed by atoms with Crippen molar-refractivity contribution in [3.8, 4) is 0 Å². The third-order valence-electron chi connectivity index (χ3n) is 1.78. The average Bonchev–Trinajstić information content (AvgIpc) is 2.06. The number of nitrogen functional groups attached to an aromatic ring is 1. The Bertz CT molecular complexity index is 538. The smallest absolute Gasteiger partial charge is 0.242 e. The summed E-state index contributed by atoms with van der Waals surface area (Å²) in [7, 11) is -3.73. The van der Waals surface area contributed by atoms with Gasteiger partial charge in [-0.15, -0.1) is 0 Å². The summed E-state index contributed by atoms with van der Waals surface area (Å²) in [6.07, 6.45) is 0. The van der Waals surface area contributed by atoms with Crippen molar-refractivity contribution in [1.82, 2.24) is 4.72 Å². The first-order chi connectivity index (χ1) is 7.53. The van der Waals surface area contributed by atoms with Crippen molar-refractivity contribution in [2.45, 2.75) is 31.2 Å². The molecule has 7 heteroatoms. The van der Waals surface area contributed by atoms with Crippen molar-refractivity contribution in [3.05, 3.63) is 22.4 Å². The summed E-state index contributed by atoms with van der Waals surface area (Å²) in [4.78, 5) is -0.0775. The molecule has 0 aliphatic carbocycles. The van der Waals surface area contributed by atoms with Crippen molar-refractivity contribution in [3.63, 3.8) is 0 Å². The van der Waals surface area contributed by atoms with Gasteiger partial charge >= 0.3 is 0 Å². The van der Waals surface area contributed by atoms with E-state index >= 15 is 0 Å². The largest absolute Gasteiger partial charge is 0.396 e. The summed E-state index contributed by atoms with van der Waals surface area (Å²) in [6, 6.07) is 2.13. The highest BCUT2D eigenvalue weighted by molar-refractivity contribution is 9.10. The van der Waals surface area contributed by atoms with Crippen LogP contribution in [0.4, 0.5) is 10.1 Å². The molecule has 0 spiro atoms. The molecule has 0 bridgehead atoms. The Morgan fingerprint density at radius 1 is 1.35 bits per heavy atom. The first-order valence-corrected chi connectivity index (χ1v) is 7.09. The molecule has 0 fully saturated rings. The van der Waals surface area contributed by atoms with Crippen molar-refractivity contribution in [1.29, 1.82) is 0 Å². The standard InChI is InChI=1S/C10H14BrFN2O2S/c1-10(2,3)14-17(15,16)9-5-8(13)7(12)4-6(9)11/h4-5,14H,13H2,1-3H3. The number of anilines is 1. The molecule has 1 aromatic rings. The van der Waals surface area contributed by atoms with Gasteiger partial charge in [0.15, 0.2) is 0 Å². The molecule has 0 aromatic heterocycles. The molecule has 0 saturated carbocycles. The molecule has 4 nitrogen and oxygen atoms in total. The molecule has 1 aromatic carbocycles. The van der Waals surface area contributed by atoms with Gasteiger partial charge in [0.1, 0.15) is 5.82 Å². The molecule has 3 N–H and O–H groups in total. The van der Waals surface area contributed by atoms with Crippen molar-refractivity contribution < 1.29 is 12.8 Å². The van der Waals surface area contributed by atoms with Crippen molar-refractivity contribution >= 4 is 31.6 Å². The third kappa shape index (κ3) is 3.65. The predicted molar refractivity (Wildman–Crippen MR) is 68.6 cm³/mol. The fraction of sp³-hybridized carbons (Fsp3) is 0.400. The van der Waals surface area contributed by atoms with E-state index in [1.807, 2.05) is 0 Å². The first kappa shape index (κ1) is 14.4. The topological polar surface area (TPSA) is 72.2 Å². The third-order valence-corrected chi connectivity index (χ3v) is 4.50. The van der Waals surface area contributed by atoms with Gasteiger partial charge in [0.05, 0.1) is 10.6 Å². The van der Waals surface area contributed by atoms with E-state index < -0.39 is 21.4 Å². The van der Waals surface area contributed by atoms with Crippen LogP contribution in [0.1, 0.15) is 20.8 Å². The maximum atomic E-state index is 13.1. The van der Waals surface area contributed by atoms with E-state index in [9.17, 15) is 12.8 Å². The Hall–Kier alpha value is -0.660. The van der Waals surface area contributed by atoms with Crippen LogP contribution in [0.2, 0.25) is 0 Å². The van der Waals surface area contributed by atoms with Gasteiger partial charge in [0, 0.05) is 10.0 Å². The van der Waals surface area contributed by atoms with Gasteiger partial charge in [-0.3, -0.25) is 0 Å². The molecular formula is C10H14BrFN2O2S. The van der Waals surface area contributed by atoms with Crippen molar-refractivity contribution in [2.24, 2.45) is 0 Å². The normalized spacial score (nSPS) is 12.8. The van der Waals surface area contributed by atoms with Crippen LogP contribution in [0, 0.1) is 5.82 Å². The Morgan fingerprint density at radius 3 is 2.35 bits per heavy atom. The van der Waals surface area contributed by atoms with Gasteiger partial charge in [0.25, 0.3) is 0 Å². The Kier molecular flexibility index (Phi) is 3.85. The number of rotatable bonds is 2. The molecule has 0 radical (unpaired) electrons. The van der Waals surface area contributed by atoms with E-state index in [0.717, 1.165) is 12.1 Å². The second-order valence-corrected chi connectivity index (χ2v) is 7.16. The van der Waals surface area contributed by atoms with Crippen LogP contribution in [-0.4, -0.2) is 14.0 Å². The lowest BCUT2D eigenvalue weighted by Crippen LogP contribution is -2.40. The summed E-state index contributed by atoms with van der Waals surface area (Å²) in [5.41, 5.74) is 4.53. The van der Waals surface area contributed by atoms with Crippen LogP contribution in [0.15, 0.2) is 21.5 Å². The summed E-state index contributed by atoms with van der Waals surface area (Å²) in [6.45, 7) is 5.14. The van der Waals surface area contributed by atoms with E-state index in [2.05, 4.69) is 20.7 Å². The highest BCUT2D eigenvalue weighted by atomic mass is 79.9. The molecule has 0 aliphatic rings. The van der Waals surface area contributed by atoms with Gasteiger partial charge in [-0.25, -0.2) is 17.5 Å². The molecule has 17 heavy (non-hydrogen) atoms. The molecular weight excluding hydrogens is 311 g/mol. The van der Waals surface area contributed by atoms with Crippen LogP contribution in [0.3, 0.4) is 0 Å². The number of sulfonamides is 1. The molecule has 0 saturated heterocycles. The van der Waals surface area contributed by atoms with Crippen LogP contribution in [0.25, 0.3) is 0 Å². The predicted octanol–water partition coefficient (Wildman–Crippen LogP) is 2.25. The van der Waals surface area contributed by atoms with E-state index in [0.29, 0.717) is 0 Å². The minimum atomic E-state index is -3.73. The van der Waals surface area contributed by atoms with E-state index in [1.54, 1.807) is 20.8 Å². The second-order valence-electron chi connectivity index (χ2n) is 4.66. The lowest BCUT2D eigenvalue weighted by Gasteiger charge is -2.21. The highest BCUT2D eigenvalue weighted by Gasteiger charge is 2.25. The van der Waals surface area contributed by atoms with Crippen LogP contribution < -0.4 is 10.5 Å². The zero-order valence-electron chi connectivity index (χ0n) is 9.71. The van der Waals surface area contributed by atoms with E-state index in [1.165, 1.54) is 0 Å². The van der Waals surface area contributed by atoms with Crippen LogP contribution >= 0.6 is 15.9 Å². The van der Waals surface area contributed by atoms with Gasteiger partial charge in [-0.05, 0) is 48.8 Å². The van der Waals surface area contributed by atoms with Crippen molar-refractivity contribution in [2.75, 3.05) is 5.73 Å². The fourth-order valence-electron chi connectivity index (χ4n) is 1.21. The Labute approximate surface area is 109 Å². The average molecular weight is 325 g/mol. The minimum Gasteiger partial charge on any atom is -0.396 e. The summed E-state index contributed by atoms with van der Waals surface area (Å²) in [5, 5.41) is 0. The zero-order chi connectivity index (χ0) is 13.4. The van der Waals surface area contributed by atoms with Gasteiger partial charge in [0.2, 0.25) is 10.0 Å². The van der Waals surface area contributed by atoms with E-state index in [4.69, 9.17) is 5.73 Å². The second kappa shape index (κ2) is 4.55.